The molecule has 0 aliphatic rings. The second-order valence-corrected chi connectivity index (χ2v) is 2.20. The molecule has 0 radical (unpaired) electrons. The maximum absolute atomic E-state index is 8.35. The lowest BCUT2D eigenvalue weighted by Crippen LogP contribution is -1.47. The van der Waals surface area contributed by atoms with Crippen LogP contribution in [0, 0.1) is 10.8 Å². The van der Waals surface area contributed by atoms with Gasteiger partial charge in [0.2, 0.25) is 12.2 Å². The fourth-order valence-corrected chi connectivity index (χ4v) is 0. The van der Waals surface area contributed by atoms with E-state index in [4.69, 9.17) is 20.4 Å². The first-order chi connectivity index (χ1) is 6.66. The van der Waals surface area contributed by atoms with Gasteiger partial charge in [-0.25, -0.2) is 20.4 Å². The molecule has 0 unspecified atom stereocenters. The SMILES string of the molecule is CCCC.CCCC.N=C=O.N=C=O. The molecule has 0 heterocycles. The Labute approximate surface area is 86.7 Å². The van der Waals surface area contributed by atoms with Crippen LogP contribution in [0.5, 0.6) is 0 Å². The summed E-state index contributed by atoms with van der Waals surface area (Å²) >= 11 is 0. The van der Waals surface area contributed by atoms with Crippen LogP contribution in [0.25, 0.3) is 0 Å². The monoisotopic (exact) mass is 202 g/mol. The standard InChI is InChI=1S/2C4H10.2CHNO/c2*1-3-4-2;2*2-1-3/h2*3-4H2,1-2H3;2*2H. The van der Waals surface area contributed by atoms with Gasteiger partial charge in [-0.3, -0.25) is 0 Å². The Morgan fingerprint density at radius 2 is 0.786 bits per heavy atom. The van der Waals surface area contributed by atoms with Crippen molar-refractivity contribution in [2.45, 2.75) is 53.4 Å². The van der Waals surface area contributed by atoms with Gasteiger partial charge in [0.15, 0.2) is 0 Å². The Balaban J connectivity index is -0.0000000482. The van der Waals surface area contributed by atoms with Crippen LogP contribution in [0.4, 0.5) is 0 Å². The molecule has 0 aliphatic heterocycles. The average Bonchev–Trinajstić information content (AvgIpc) is 2.20. The van der Waals surface area contributed by atoms with Gasteiger partial charge in [-0.05, 0) is 0 Å². The zero-order valence-electron chi connectivity index (χ0n) is 9.64. The zero-order chi connectivity index (χ0) is 12.2. The minimum Gasteiger partial charge on any atom is -0.222 e. The summed E-state index contributed by atoms with van der Waals surface area (Å²) in [6, 6.07) is 0. The predicted molar refractivity (Wildman–Crippen MR) is 58.0 cm³/mol. The lowest BCUT2D eigenvalue weighted by Gasteiger charge is -1.68. The summed E-state index contributed by atoms with van der Waals surface area (Å²) < 4.78 is 0. The van der Waals surface area contributed by atoms with Gasteiger partial charge < -0.3 is 0 Å². The topological polar surface area (TPSA) is 81.8 Å². The molecule has 0 bridgehead atoms. The van der Waals surface area contributed by atoms with Crippen molar-refractivity contribution in [1.29, 1.82) is 10.8 Å². The Kier molecular flexibility index (Phi) is 98.7. The summed E-state index contributed by atoms with van der Waals surface area (Å²) in [5, 5.41) is 10.8. The van der Waals surface area contributed by atoms with Gasteiger partial charge >= 0.3 is 0 Å². The summed E-state index contributed by atoms with van der Waals surface area (Å²) in [5.41, 5.74) is 0. The van der Waals surface area contributed by atoms with Crippen LogP contribution in [-0.2, 0) is 9.59 Å². The average molecular weight is 202 g/mol. The Hall–Kier alpha value is -1.24. The molecule has 0 atom stereocenters. The van der Waals surface area contributed by atoms with E-state index in [0.717, 1.165) is 12.2 Å². The van der Waals surface area contributed by atoms with E-state index in [1.54, 1.807) is 0 Å². The number of nitrogens with one attached hydrogen (secondary N) is 2. The fourth-order valence-electron chi connectivity index (χ4n) is 0. The molecule has 2 N–H and O–H groups in total. The van der Waals surface area contributed by atoms with Crippen LogP contribution in [0.15, 0.2) is 0 Å². The van der Waals surface area contributed by atoms with E-state index in [9.17, 15) is 0 Å². The molecule has 0 amide bonds. The van der Waals surface area contributed by atoms with Gasteiger partial charge in [-0.1, -0.05) is 53.4 Å². The molecule has 14 heavy (non-hydrogen) atoms. The third-order valence-electron chi connectivity index (χ3n) is 1.000. The van der Waals surface area contributed by atoms with E-state index in [1.165, 1.54) is 25.7 Å². The molecule has 0 aromatic carbocycles. The van der Waals surface area contributed by atoms with Gasteiger partial charge in [-0.15, -0.1) is 0 Å². The molecule has 0 aromatic heterocycles. The van der Waals surface area contributed by atoms with Crippen LogP contribution in [-0.4, -0.2) is 12.2 Å². The maximum atomic E-state index is 8.35. The van der Waals surface area contributed by atoms with E-state index in [-0.39, 0.29) is 0 Å². The number of unbranched alkanes of at least 4 members (excludes halogenated alkanes) is 2. The van der Waals surface area contributed by atoms with Crippen LogP contribution < -0.4 is 0 Å². The van der Waals surface area contributed by atoms with Crippen molar-refractivity contribution >= 4 is 12.2 Å². The number of hydrogen-bond acceptors (Lipinski definition) is 4. The first-order valence-electron chi connectivity index (χ1n) is 4.74. The molecule has 4 nitrogen and oxygen atoms in total. The fraction of sp³-hybridized carbons (Fsp3) is 0.800. The van der Waals surface area contributed by atoms with E-state index in [1.807, 2.05) is 0 Å². The summed E-state index contributed by atoms with van der Waals surface area (Å²) in [4.78, 5) is 16.7. The quantitative estimate of drug-likeness (QED) is 0.531. The van der Waals surface area contributed by atoms with Crippen LogP contribution in [0.1, 0.15) is 53.4 Å². The van der Waals surface area contributed by atoms with E-state index in [2.05, 4.69) is 27.7 Å². The summed E-state index contributed by atoms with van der Waals surface area (Å²) in [5.74, 6) is 0. The minimum atomic E-state index is 0.750. The lowest BCUT2D eigenvalue weighted by atomic mass is 10.4. The number of hydrogen-bond donors (Lipinski definition) is 2. The molecule has 0 spiro atoms. The van der Waals surface area contributed by atoms with Gasteiger partial charge in [-0.2, -0.15) is 0 Å². The zero-order valence-corrected chi connectivity index (χ0v) is 9.64. The van der Waals surface area contributed by atoms with Crippen molar-refractivity contribution < 1.29 is 9.59 Å². The van der Waals surface area contributed by atoms with Gasteiger partial charge in [0.25, 0.3) is 0 Å². The predicted octanol–water partition coefficient (Wildman–Crippen LogP) is 3.41. The molecule has 0 aromatic rings. The molecule has 0 saturated carbocycles. The smallest absolute Gasteiger partial charge is 0.222 e. The number of isocyanates is 2. The second-order valence-electron chi connectivity index (χ2n) is 2.20. The van der Waals surface area contributed by atoms with Gasteiger partial charge in [0.05, 0.1) is 0 Å². The van der Waals surface area contributed by atoms with Gasteiger partial charge in [0, 0.05) is 0 Å². The Bertz CT molecular complexity index is 104. The van der Waals surface area contributed by atoms with Crippen molar-refractivity contribution in [3.63, 3.8) is 0 Å². The largest absolute Gasteiger partial charge is 0.231 e. The van der Waals surface area contributed by atoms with E-state index >= 15 is 0 Å². The number of rotatable bonds is 2. The summed E-state index contributed by atoms with van der Waals surface area (Å²) in [6.07, 6.45) is 6.78. The van der Waals surface area contributed by atoms with Crippen molar-refractivity contribution in [3.05, 3.63) is 0 Å². The lowest BCUT2D eigenvalue weighted by molar-refractivity contribution is 0.562. The molecular formula is C10H22N2O2. The molecular weight excluding hydrogens is 180 g/mol. The highest BCUT2D eigenvalue weighted by Gasteiger charge is 1.56. The molecule has 84 valence electrons. The Morgan fingerprint density at radius 3 is 0.786 bits per heavy atom. The van der Waals surface area contributed by atoms with Crippen molar-refractivity contribution in [3.8, 4) is 0 Å². The highest BCUT2D eigenvalue weighted by molar-refractivity contribution is 5.26. The Morgan fingerprint density at radius 1 is 0.714 bits per heavy atom. The molecule has 0 rings (SSSR count). The van der Waals surface area contributed by atoms with Gasteiger partial charge in [0.1, 0.15) is 0 Å². The minimum absolute atomic E-state index is 0.750. The van der Waals surface area contributed by atoms with E-state index < -0.39 is 0 Å². The highest BCUT2D eigenvalue weighted by atomic mass is 16.1. The van der Waals surface area contributed by atoms with E-state index in [0.29, 0.717) is 0 Å². The molecule has 0 fully saturated rings. The maximum Gasteiger partial charge on any atom is 0.231 e. The number of carbonyl (C=O) groups excluding carboxylic acids is 2. The van der Waals surface area contributed by atoms with Crippen molar-refractivity contribution in [2.24, 2.45) is 0 Å². The molecule has 0 saturated heterocycles. The van der Waals surface area contributed by atoms with Crippen LogP contribution in [0.3, 0.4) is 0 Å². The first kappa shape index (κ1) is 23.0. The van der Waals surface area contributed by atoms with Crippen molar-refractivity contribution in [1.82, 2.24) is 0 Å². The van der Waals surface area contributed by atoms with Crippen molar-refractivity contribution in [2.75, 3.05) is 0 Å². The highest BCUT2D eigenvalue weighted by Crippen LogP contribution is 1.77. The normalized spacial score (nSPS) is 5.43. The molecule has 0 aliphatic carbocycles. The van der Waals surface area contributed by atoms with Crippen LogP contribution >= 0.6 is 0 Å². The summed E-state index contributed by atoms with van der Waals surface area (Å²) in [7, 11) is 0. The van der Waals surface area contributed by atoms with Crippen LogP contribution in [0.2, 0.25) is 0 Å². The second kappa shape index (κ2) is 60.1. The summed E-state index contributed by atoms with van der Waals surface area (Å²) in [6.45, 7) is 8.72. The third kappa shape index (κ3) is 1770. The molecule has 4 heteroatoms. The first-order valence-corrected chi connectivity index (χ1v) is 4.74. The third-order valence-corrected chi connectivity index (χ3v) is 1.000.